The van der Waals surface area contributed by atoms with E-state index in [1.165, 1.54) is 32.7 Å². The fourth-order valence-electron chi connectivity index (χ4n) is 4.13. The van der Waals surface area contributed by atoms with Crippen LogP contribution in [0.25, 0.3) is 21.5 Å². The number of rotatable bonds is 5. The summed E-state index contributed by atoms with van der Waals surface area (Å²) in [6, 6.07) is 28.4. The van der Waals surface area contributed by atoms with Gasteiger partial charge in [0.05, 0.1) is 0 Å². The Morgan fingerprint density at radius 1 is 0.815 bits per heavy atom. The molecule has 4 aromatic carbocycles. The zero-order chi connectivity index (χ0) is 18.9. The number of fused-ring (bicyclic) bond motifs is 2. The minimum absolute atomic E-state index is 0.199. The molecule has 0 fully saturated rings. The van der Waals surface area contributed by atoms with Crippen LogP contribution in [0.5, 0.6) is 0 Å². The van der Waals surface area contributed by atoms with Crippen molar-refractivity contribution in [2.75, 3.05) is 0 Å². The Morgan fingerprint density at radius 2 is 1.37 bits per heavy atom. The van der Waals surface area contributed by atoms with Gasteiger partial charge < -0.3 is 5.73 Å². The lowest BCUT2D eigenvalue weighted by atomic mass is 9.80. The first-order chi connectivity index (χ1) is 13.2. The minimum Gasteiger partial charge on any atom is -0.326 e. The Hall–Kier alpha value is -2.21. The lowest BCUT2D eigenvalue weighted by molar-refractivity contribution is 0.677. The SMILES string of the molecule is [CH2]CCC(P)(c1ccc(CN)cc1)c1c2ccccc2cc2ccccc12. The molecule has 2 N–H and O–H groups in total. The molecule has 0 saturated carbocycles. The number of hydrogen-bond acceptors (Lipinski definition) is 1. The van der Waals surface area contributed by atoms with E-state index in [0.29, 0.717) is 6.54 Å². The molecule has 1 radical (unpaired) electrons. The molecule has 4 rings (SSSR count). The van der Waals surface area contributed by atoms with Gasteiger partial charge in [-0.25, -0.2) is 0 Å². The van der Waals surface area contributed by atoms with Crippen LogP contribution in [-0.4, -0.2) is 0 Å². The molecule has 0 aliphatic carbocycles. The third-order valence-electron chi connectivity index (χ3n) is 5.49. The van der Waals surface area contributed by atoms with Gasteiger partial charge in [0.1, 0.15) is 0 Å². The Kier molecular flexibility index (Phi) is 5.00. The molecule has 27 heavy (non-hydrogen) atoms. The van der Waals surface area contributed by atoms with E-state index in [9.17, 15) is 0 Å². The molecular formula is C25H25NP. The molecule has 0 saturated heterocycles. The van der Waals surface area contributed by atoms with Crippen molar-refractivity contribution in [3.63, 3.8) is 0 Å². The van der Waals surface area contributed by atoms with Gasteiger partial charge in [0.15, 0.2) is 0 Å². The Labute approximate surface area is 163 Å². The zero-order valence-electron chi connectivity index (χ0n) is 15.5. The van der Waals surface area contributed by atoms with Gasteiger partial charge in [0, 0.05) is 11.7 Å². The van der Waals surface area contributed by atoms with Crippen LogP contribution < -0.4 is 5.73 Å². The van der Waals surface area contributed by atoms with Crippen LogP contribution >= 0.6 is 9.24 Å². The molecule has 2 heteroatoms. The first-order valence-corrected chi connectivity index (χ1v) is 10.0. The lowest BCUT2D eigenvalue weighted by Crippen LogP contribution is -2.21. The maximum Gasteiger partial charge on any atom is 0.0356 e. The summed E-state index contributed by atoms with van der Waals surface area (Å²) in [4.78, 5) is 0. The topological polar surface area (TPSA) is 26.0 Å². The summed E-state index contributed by atoms with van der Waals surface area (Å²) in [6.07, 6.45) is 1.82. The van der Waals surface area contributed by atoms with E-state index in [4.69, 9.17) is 5.73 Å². The molecule has 4 aromatic rings. The van der Waals surface area contributed by atoms with E-state index in [1.807, 2.05) is 0 Å². The van der Waals surface area contributed by atoms with Crippen molar-refractivity contribution in [1.29, 1.82) is 0 Å². The normalized spacial score (nSPS) is 13.7. The van der Waals surface area contributed by atoms with E-state index in [0.717, 1.165) is 18.4 Å². The van der Waals surface area contributed by atoms with Gasteiger partial charge in [0.2, 0.25) is 0 Å². The predicted molar refractivity (Wildman–Crippen MR) is 121 cm³/mol. The summed E-state index contributed by atoms with van der Waals surface area (Å²) < 4.78 is 0. The molecule has 0 heterocycles. The maximum absolute atomic E-state index is 5.81. The van der Waals surface area contributed by atoms with Gasteiger partial charge in [-0.1, -0.05) is 86.1 Å². The summed E-state index contributed by atoms with van der Waals surface area (Å²) in [7, 11) is 3.17. The van der Waals surface area contributed by atoms with Crippen LogP contribution in [0.15, 0.2) is 78.9 Å². The summed E-state index contributed by atoms with van der Waals surface area (Å²) in [5.74, 6) is 0. The molecule has 2 atom stereocenters. The highest BCUT2D eigenvalue weighted by molar-refractivity contribution is 7.19. The van der Waals surface area contributed by atoms with Crippen molar-refractivity contribution in [3.05, 3.63) is 102 Å². The molecule has 0 aliphatic rings. The van der Waals surface area contributed by atoms with Crippen LogP contribution in [-0.2, 0) is 11.7 Å². The van der Waals surface area contributed by atoms with Crippen LogP contribution in [0.4, 0.5) is 0 Å². The minimum atomic E-state index is -0.199. The molecule has 0 spiro atoms. The monoisotopic (exact) mass is 370 g/mol. The Balaban J connectivity index is 2.08. The first-order valence-electron chi connectivity index (χ1n) is 9.46. The molecule has 0 bridgehead atoms. The van der Waals surface area contributed by atoms with Gasteiger partial charge in [-0.2, -0.15) is 0 Å². The van der Waals surface area contributed by atoms with E-state index in [-0.39, 0.29) is 5.16 Å². The van der Waals surface area contributed by atoms with Crippen molar-refractivity contribution >= 4 is 30.8 Å². The average molecular weight is 370 g/mol. The molecule has 1 nitrogen and oxygen atoms in total. The fourth-order valence-corrected chi connectivity index (χ4v) is 4.83. The molecule has 0 aromatic heterocycles. The second kappa shape index (κ2) is 7.43. The van der Waals surface area contributed by atoms with E-state index < -0.39 is 0 Å². The molecular weight excluding hydrogens is 345 g/mol. The summed E-state index contributed by atoms with van der Waals surface area (Å²) >= 11 is 0. The average Bonchev–Trinajstić information content (AvgIpc) is 2.72. The smallest absolute Gasteiger partial charge is 0.0356 e. The van der Waals surface area contributed by atoms with Gasteiger partial charge in [-0.05, 0) is 50.7 Å². The van der Waals surface area contributed by atoms with Crippen molar-refractivity contribution < 1.29 is 0 Å². The largest absolute Gasteiger partial charge is 0.326 e. The van der Waals surface area contributed by atoms with Crippen molar-refractivity contribution in [3.8, 4) is 0 Å². The quantitative estimate of drug-likeness (QED) is 0.329. The van der Waals surface area contributed by atoms with Crippen molar-refractivity contribution in [1.82, 2.24) is 0 Å². The summed E-state index contributed by atoms with van der Waals surface area (Å²) in [5, 5.41) is 4.97. The van der Waals surface area contributed by atoms with Crippen LogP contribution in [0.1, 0.15) is 29.5 Å². The van der Waals surface area contributed by atoms with E-state index in [2.05, 4.69) is 95.0 Å². The van der Waals surface area contributed by atoms with Crippen LogP contribution in [0.3, 0.4) is 0 Å². The predicted octanol–water partition coefficient (Wildman–Crippen LogP) is 6.18. The Bertz CT molecular complexity index is 1030. The highest BCUT2D eigenvalue weighted by Gasteiger charge is 2.31. The number of benzene rings is 4. The van der Waals surface area contributed by atoms with Gasteiger partial charge >= 0.3 is 0 Å². The summed E-state index contributed by atoms with van der Waals surface area (Å²) in [5.41, 5.74) is 9.62. The number of hydrogen-bond donors (Lipinski definition) is 1. The molecule has 0 amide bonds. The molecule has 135 valence electrons. The van der Waals surface area contributed by atoms with Crippen molar-refractivity contribution in [2.45, 2.75) is 24.5 Å². The maximum atomic E-state index is 5.81. The second-order valence-corrected chi connectivity index (χ2v) is 8.16. The highest BCUT2D eigenvalue weighted by Crippen LogP contribution is 2.48. The standard InChI is InChI=1S/C25H25NP/c1-2-15-25(27,21-13-11-18(17-26)12-14-21)24-22-9-5-3-7-19(22)16-20-8-4-6-10-23(20)24/h3-14,16H,1-2,15,17,26-27H2. The van der Waals surface area contributed by atoms with E-state index >= 15 is 0 Å². The fraction of sp³-hybridized carbons (Fsp3) is 0.160. The zero-order valence-corrected chi connectivity index (χ0v) is 16.6. The van der Waals surface area contributed by atoms with Gasteiger partial charge in [-0.15, -0.1) is 9.24 Å². The summed E-state index contributed by atoms with van der Waals surface area (Å²) in [6.45, 7) is 4.75. The molecule has 0 aliphatic heterocycles. The van der Waals surface area contributed by atoms with Crippen molar-refractivity contribution in [2.24, 2.45) is 5.73 Å². The second-order valence-electron chi connectivity index (χ2n) is 7.17. The lowest BCUT2D eigenvalue weighted by Gasteiger charge is -2.33. The van der Waals surface area contributed by atoms with Crippen LogP contribution in [0, 0.1) is 6.92 Å². The Morgan fingerprint density at radius 3 is 1.89 bits per heavy atom. The van der Waals surface area contributed by atoms with Crippen LogP contribution in [0.2, 0.25) is 0 Å². The number of nitrogens with two attached hydrogens (primary N) is 1. The van der Waals surface area contributed by atoms with Gasteiger partial charge in [-0.3, -0.25) is 0 Å². The van der Waals surface area contributed by atoms with Gasteiger partial charge in [0.25, 0.3) is 0 Å². The molecule has 2 unspecified atom stereocenters. The first kappa shape index (κ1) is 18.2. The third kappa shape index (κ3) is 3.16. The van der Waals surface area contributed by atoms with E-state index in [1.54, 1.807) is 0 Å². The highest BCUT2D eigenvalue weighted by atomic mass is 31.0. The third-order valence-corrected chi connectivity index (χ3v) is 6.40.